The summed E-state index contributed by atoms with van der Waals surface area (Å²) in [5, 5.41) is 9.11. The number of hydrogen-bond acceptors (Lipinski definition) is 6. The Kier molecular flexibility index (Phi) is 5.47. The molecule has 2 aliphatic rings. The van der Waals surface area contributed by atoms with Crippen LogP contribution >= 0.6 is 0 Å². The number of benzene rings is 2. The van der Waals surface area contributed by atoms with Gasteiger partial charge in [-0.3, -0.25) is 13.5 Å². The molecule has 9 nitrogen and oxygen atoms in total. The minimum Gasteiger partial charge on any atom is -0.340 e. The summed E-state index contributed by atoms with van der Waals surface area (Å²) in [6.45, 7) is 0.951. The largest absolute Gasteiger partial charge is 0.340 e. The molecule has 2 aliphatic heterocycles. The highest BCUT2D eigenvalue weighted by molar-refractivity contribution is 7.85. The maximum atomic E-state index is 13.0. The van der Waals surface area contributed by atoms with Crippen LogP contribution in [0.15, 0.2) is 67.1 Å². The molecule has 1 unspecified atom stereocenters. The van der Waals surface area contributed by atoms with Crippen LogP contribution in [-0.2, 0) is 25.6 Å². The predicted octanol–water partition coefficient (Wildman–Crippen LogP) is 3.57. The number of aromatic nitrogens is 3. The third-order valence-electron chi connectivity index (χ3n) is 6.89. The van der Waals surface area contributed by atoms with E-state index in [1.54, 1.807) is 11.1 Å². The second kappa shape index (κ2) is 8.73. The van der Waals surface area contributed by atoms with Gasteiger partial charge in [-0.05, 0) is 53.9 Å². The van der Waals surface area contributed by atoms with E-state index in [2.05, 4.69) is 32.5 Å². The van der Waals surface area contributed by atoms with Gasteiger partial charge in [-0.2, -0.15) is 13.7 Å². The summed E-state index contributed by atoms with van der Waals surface area (Å²) in [4.78, 5) is 19.4. The zero-order valence-electron chi connectivity index (χ0n) is 20.0. The monoisotopic (exact) mass is 513 g/mol. The summed E-state index contributed by atoms with van der Waals surface area (Å²) >= 11 is 0. The second-order valence-corrected chi connectivity index (χ2v) is 11.0. The number of carbonyl (C=O) groups is 1. The van der Waals surface area contributed by atoms with Crippen LogP contribution in [-0.4, -0.2) is 47.9 Å². The standard InChI is InChI=1S/C27H23N5O4S/c1-37(34,35)36-17-20-8-10-31(27(20)33)23-6-7-24-22(12-23)16-30-15-21(19-4-2-18(14-28)3-5-19)13-25(30)26-29-9-11-32(24)26/h2-7,9,11-13,15,20H,8,10,16-17H2,1H3. The van der Waals surface area contributed by atoms with Crippen molar-refractivity contribution in [3.63, 3.8) is 0 Å². The zero-order chi connectivity index (χ0) is 25.7. The van der Waals surface area contributed by atoms with Crippen LogP contribution in [0.5, 0.6) is 0 Å². The van der Waals surface area contributed by atoms with Gasteiger partial charge >= 0.3 is 0 Å². The van der Waals surface area contributed by atoms with E-state index in [1.807, 2.05) is 48.7 Å². The lowest BCUT2D eigenvalue weighted by Gasteiger charge is -2.19. The zero-order valence-corrected chi connectivity index (χ0v) is 20.9. The van der Waals surface area contributed by atoms with E-state index in [-0.39, 0.29) is 12.5 Å². The van der Waals surface area contributed by atoms with E-state index < -0.39 is 16.0 Å². The van der Waals surface area contributed by atoms with E-state index in [4.69, 9.17) is 9.44 Å². The maximum absolute atomic E-state index is 13.0. The highest BCUT2D eigenvalue weighted by Crippen LogP contribution is 2.36. The van der Waals surface area contributed by atoms with Gasteiger partial charge in [-0.1, -0.05) is 12.1 Å². The molecule has 0 spiro atoms. The molecule has 1 saturated heterocycles. The Bertz CT molecular complexity index is 1680. The summed E-state index contributed by atoms with van der Waals surface area (Å²) in [6.07, 6.45) is 7.30. The Morgan fingerprint density at radius 2 is 1.95 bits per heavy atom. The van der Waals surface area contributed by atoms with E-state index >= 15 is 0 Å². The fourth-order valence-electron chi connectivity index (χ4n) is 5.05. The highest BCUT2D eigenvalue weighted by Gasteiger charge is 2.34. The SMILES string of the molecule is CS(=O)(=O)OCC1CCN(c2ccc3c(c2)Cn2cc(-c4ccc(C#N)cc4)cc2-c2nccn2-3)C1=O. The molecule has 4 heterocycles. The molecule has 2 aromatic carbocycles. The molecule has 2 aromatic heterocycles. The smallest absolute Gasteiger partial charge is 0.264 e. The number of rotatable bonds is 5. The van der Waals surface area contributed by atoms with Gasteiger partial charge in [0.2, 0.25) is 5.91 Å². The summed E-state index contributed by atoms with van der Waals surface area (Å²) in [5.74, 6) is 0.201. The summed E-state index contributed by atoms with van der Waals surface area (Å²) in [5.41, 5.74) is 6.41. The Morgan fingerprint density at radius 1 is 1.14 bits per heavy atom. The lowest BCUT2D eigenvalue weighted by atomic mass is 10.1. The number of amides is 1. The number of nitriles is 1. The minimum absolute atomic E-state index is 0.134. The molecule has 4 aromatic rings. The van der Waals surface area contributed by atoms with Crippen LogP contribution in [0.1, 0.15) is 17.5 Å². The topological polar surface area (TPSA) is 110 Å². The fraction of sp³-hybridized carbons (Fsp3) is 0.222. The van der Waals surface area contributed by atoms with Gasteiger partial charge < -0.3 is 9.47 Å². The summed E-state index contributed by atoms with van der Waals surface area (Å²) in [7, 11) is -3.60. The van der Waals surface area contributed by atoms with Gasteiger partial charge in [-0.15, -0.1) is 0 Å². The van der Waals surface area contributed by atoms with Gasteiger partial charge in [0.1, 0.15) is 0 Å². The average Bonchev–Trinajstić information content (AvgIpc) is 3.60. The molecule has 1 amide bonds. The van der Waals surface area contributed by atoms with Gasteiger partial charge in [0.05, 0.1) is 41.8 Å². The third-order valence-corrected chi connectivity index (χ3v) is 7.45. The maximum Gasteiger partial charge on any atom is 0.264 e. The van der Waals surface area contributed by atoms with E-state index in [0.717, 1.165) is 45.8 Å². The average molecular weight is 514 g/mol. The lowest BCUT2D eigenvalue weighted by molar-refractivity contribution is -0.121. The van der Waals surface area contributed by atoms with Gasteiger partial charge in [0.15, 0.2) is 5.82 Å². The highest BCUT2D eigenvalue weighted by atomic mass is 32.2. The first kappa shape index (κ1) is 23.2. The first-order chi connectivity index (χ1) is 17.8. The van der Waals surface area contributed by atoms with Crippen molar-refractivity contribution in [2.24, 2.45) is 5.92 Å². The van der Waals surface area contributed by atoms with Crippen molar-refractivity contribution >= 4 is 21.7 Å². The third kappa shape index (κ3) is 4.22. The molecule has 6 rings (SSSR count). The van der Waals surface area contributed by atoms with Crippen molar-refractivity contribution in [1.29, 1.82) is 5.26 Å². The molecule has 0 bridgehead atoms. The van der Waals surface area contributed by atoms with Crippen LogP contribution in [0, 0.1) is 17.2 Å². The van der Waals surface area contributed by atoms with Crippen molar-refractivity contribution in [2.45, 2.75) is 13.0 Å². The second-order valence-electron chi connectivity index (χ2n) is 9.33. The number of hydrogen-bond donors (Lipinski definition) is 0. The summed E-state index contributed by atoms with van der Waals surface area (Å²) < 4.78 is 31.8. The molecule has 10 heteroatoms. The Morgan fingerprint density at radius 3 is 2.70 bits per heavy atom. The molecule has 0 radical (unpaired) electrons. The normalized spacial score (nSPS) is 16.6. The van der Waals surface area contributed by atoms with Crippen molar-refractivity contribution in [2.75, 3.05) is 24.3 Å². The molecule has 0 saturated carbocycles. The quantitative estimate of drug-likeness (QED) is 0.332. The molecule has 0 aliphatic carbocycles. The van der Waals surface area contributed by atoms with Crippen LogP contribution in [0.3, 0.4) is 0 Å². The summed E-state index contributed by atoms with van der Waals surface area (Å²) in [6, 6.07) is 17.7. The number of nitrogens with zero attached hydrogens (tertiary/aromatic N) is 5. The number of fused-ring (bicyclic) bond motifs is 5. The van der Waals surface area contributed by atoms with Crippen LogP contribution in [0.25, 0.3) is 28.3 Å². The van der Waals surface area contributed by atoms with Crippen molar-refractivity contribution in [3.8, 4) is 34.4 Å². The number of imidazole rings is 1. The van der Waals surface area contributed by atoms with E-state index in [9.17, 15) is 13.2 Å². The first-order valence-corrected chi connectivity index (χ1v) is 13.7. The van der Waals surface area contributed by atoms with E-state index in [0.29, 0.717) is 25.1 Å². The fourth-order valence-corrected chi connectivity index (χ4v) is 5.46. The molecule has 37 heavy (non-hydrogen) atoms. The van der Waals surface area contributed by atoms with E-state index in [1.165, 1.54) is 0 Å². The van der Waals surface area contributed by atoms with Crippen molar-refractivity contribution in [3.05, 3.63) is 78.2 Å². The van der Waals surface area contributed by atoms with Gasteiger partial charge in [0.25, 0.3) is 10.1 Å². The van der Waals surface area contributed by atoms with Gasteiger partial charge in [0, 0.05) is 42.9 Å². The minimum atomic E-state index is -3.60. The van der Waals surface area contributed by atoms with Crippen LogP contribution in [0.4, 0.5) is 5.69 Å². The van der Waals surface area contributed by atoms with Crippen molar-refractivity contribution in [1.82, 2.24) is 14.1 Å². The van der Waals surface area contributed by atoms with Crippen LogP contribution in [0.2, 0.25) is 0 Å². The Hall–Kier alpha value is -4.20. The molecular formula is C27H23N5O4S. The van der Waals surface area contributed by atoms with Crippen LogP contribution < -0.4 is 4.90 Å². The Balaban J connectivity index is 1.34. The predicted molar refractivity (Wildman–Crippen MR) is 137 cm³/mol. The lowest BCUT2D eigenvalue weighted by Crippen LogP contribution is -2.29. The molecule has 0 N–H and O–H groups in total. The molecule has 1 fully saturated rings. The number of carbonyl (C=O) groups excluding carboxylic acids is 1. The molecule has 186 valence electrons. The Labute approximate surface area is 214 Å². The first-order valence-electron chi connectivity index (χ1n) is 11.8. The van der Waals surface area contributed by atoms with Crippen molar-refractivity contribution < 1.29 is 17.4 Å². The molecule has 1 atom stereocenters. The molecular weight excluding hydrogens is 490 g/mol. The number of anilines is 1. The van der Waals surface area contributed by atoms with Gasteiger partial charge in [-0.25, -0.2) is 4.98 Å².